The third kappa shape index (κ3) is 8.86. The van der Waals surface area contributed by atoms with Crippen molar-refractivity contribution in [2.75, 3.05) is 17.0 Å². The zero-order valence-electron chi connectivity index (χ0n) is 34.9. The first-order valence-electron chi connectivity index (χ1n) is 19.2. The maximum atomic E-state index is 14.8. The van der Waals surface area contributed by atoms with Gasteiger partial charge in [-0.2, -0.15) is 14.9 Å². The van der Waals surface area contributed by atoms with Crippen LogP contribution in [0.5, 0.6) is 0 Å². The quantitative estimate of drug-likeness (QED) is 0.0810. The van der Waals surface area contributed by atoms with Gasteiger partial charge in [-0.05, 0) is 104 Å². The molecular weight excluding hydrogens is 764 g/mol. The summed E-state index contributed by atoms with van der Waals surface area (Å²) in [6.45, 7) is 18.9. The number of carbonyl (C=O) groups is 1. The normalized spacial score (nSPS) is 19.0. The number of ether oxygens (including phenoxy) is 1. The fraction of sp³-hybridized carbons (Fsp3) is 0.537. The summed E-state index contributed by atoms with van der Waals surface area (Å²) in [5, 5.41) is 33.7. The highest BCUT2D eigenvalue weighted by atomic mass is 31.2. The Morgan fingerprint density at radius 2 is 1.69 bits per heavy atom. The van der Waals surface area contributed by atoms with Crippen LogP contribution < -0.4 is 10.2 Å². The van der Waals surface area contributed by atoms with E-state index in [0.717, 1.165) is 19.3 Å². The van der Waals surface area contributed by atoms with Gasteiger partial charge in [-0.3, -0.25) is 18.9 Å². The number of hydrogen-bond donors (Lipinski definition) is 1. The Labute approximate surface area is 338 Å². The van der Waals surface area contributed by atoms with Gasteiger partial charge in [-0.15, -0.1) is 5.10 Å². The highest BCUT2D eigenvalue weighted by Crippen LogP contribution is 2.62. The average molecular weight is 816 g/mol. The second-order valence-electron chi connectivity index (χ2n) is 18.3. The molecule has 1 aromatic carbocycles. The van der Waals surface area contributed by atoms with Crippen LogP contribution in [-0.4, -0.2) is 55.1 Å². The predicted molar refractivity (Wildman–Crippen MR) is 214 cm³/mol. The first-order chi connectivity index (χ1) is 26.9. The van der Waals surface area contributed by atoms with E-state index in [2.05, 4.69) is 37.7 Å². The molecule has 1 N–H and O–H groups in total. The molecular formula is C41H51FN9O6P. The van der Waals surface area contributed by atoms with Crippen molar-refractivity contribution in [3.8, 4) is 12.1 Å². The molecule has 58 heavy (non-hydrogen) atoms. The number of hydrogen-bond acceptors (Lipinski definition) is 13. The van der Waals surface area contributed by atoms with Crippen LogP contribution in [0.4, 0.5) is 20.6 Å². The maximum Gasteiger partial charge on any atom is 0.478 e. The van der Waals surface area contributed by atoms with Crippen LogP contribution in [0.2, 0.25) is 0 Å². The number of phosphoric ester groups is 1. The Kier molecular flexibility index (Phi) is 11.2. The van der Waals surface area contributed by atoms with Crippen LogP contribution in [-0.2, 0) is 28.4 Å². The van der Waals surface area contributed by atoms with Crippen LogP contribution in [0.1, 0.15) is 123 Å². The standard InChI is InChI=1S/C41H51FN9O6P/c1-24-30(12-13-33(42)46-24)36(32-22-50(49-48-32)41-16-26(17-41)18-41)51(37(52)54-23-55-58(53,56-39(6,7)8)57-40(9,10)11)29-14-27(19-43)34-31(15-29)35(28(20-44)21-45-34)47-25(2)38(3,4)5/h12-15,21-22,25-26,36H,16-18,23H2,1-11H3,(H,45,47). The Bertz CT molecular complexity index is 2330. The van der Waals surface area contributed by atoms with Gasteiger partial charge in [0.05, 0.1) is 51.0 Å². The van der Waals surface area contributed by atoms with Crippen molar-refractivity contribution in [3.05, 3.63) is 70.7 Å². The fourth-order valence-corrected chi connectivity index (χ4v) is 8.77. The zero-order chi connectivity index (χ0) is 42.6. The molecule has 7 rings (SSSR count). The molecule has 3 aliphatic carbocycles. The zero-order valence-corrected chi connectivity index (χ0v) is 35.8. The summed E-state index contributed by atoms with van der Waals surface area (Å²) in [6, 6.07) is 8.86. The minimum absolute atomic E-state index is 0.0874. The molecule has 2 bridgehead atoms. The van der Waals surface area contributed by atoms with Crippen LogP contribution in [0.25, 0.3) is 10.9 Å². The van der Waals surface area contributed by atoms with Crippen LogP contribution >= 0.6 is 7.82 Å². The molecule has 17 heteroatoms. The third-order valence-corrected chi connectivity index (χ3v) is 12.4. The number of nitrogens with zero attached hydrogens (tertiary/aromatic N) is 8. The van der Waals surface area contributed by atoms with Crippen LogP contribution in [0.15, 0.2) is 36.7 Å². The van der Waals surface area contributed by atoms with E-state index in [9.17, 15) is 24.3 Å². The summed E-state index contributed by atoms with van der Waals surface area (Å²) in [7, 11) is -4.33. The number of amides is 1. The van der Waals surface area contributed by atoms with Gasteiger partial charge in [0.25, 0.3) is 0 Å². The molecule has 15 nitrogen and oxygen atoms in total. The van der Waals surface area contributed by atoms with E-state index in [1.807, 2.05) is 32.4 Å². The summed E-state index contributed by atoms with van der Waals surface area (Å²) < 4.78 is 53.2. The van der Waals surface area contributed by atoms with Gasteiger partial charge < -0.3 is 10.1 Å². The number of aryl methyl sites for hydroxylation is 1. The minimum Gasteiger partial charge on any atom is -0.421 e. The lowest BCUT2D eigenvalue weighted by molar-refractivity contribution is -0.0989. The number of nitrogens with one attached hydrogen (secondary N) is 1. The number of phosphoric acid groups is 1. The molecule has 4 aromatic rings. The van der Waals surface area contributed by atoms with Gasteiger partial charge in [-0.25, -0.2) is 23.5 Å². The van der Waals surface area contributed by atoms with Crippen molar-refractivity contribution in [2.24, 2.45) is 11.3 Å². The molecule has 2 atom stereocenters. The first kappa shape index (κ1) is 42.6. The summed E-state index contributed by atoms with van der Waals surface area (Å²) in [5.74, 6) is -0.0959. The molecule has 0 radical (unpaired) electrons. The van der Waals surface area contributed by atoms with Gasteiger partial charge in [-0.1, -0.05) is 32.1 Å². The number of pyridine rings is 2. The van der Waals surface area contributed by atoms with Gasteiger partial charge >= 0.3 is 13.9 Å². The molecule has 0 saturated heterocycles. The maximum absolute atomic E-state index is 14.8. The number of anilines is 2. The number of fused-ring (bicyclic) bond motifs is 1. The van der Waals surface area contributed by atoms with Crippen molar-refractivity contribution in [1.82, 2.24) is 25.0 Å². The molecule has 1 amide bonds. The Hall–Kier alpha value is -4.99. The van der Waals surface area contributed by atoms with E-state index in [0.29, 0.717) is 28.2 Å². The van der Waals surface area contributed by atoms with Gasteiger partial charge in [0.2, 0.25) is 12.7 Å². The van der Waals surface area contributed by atoms with Crippen LogP contribution in [0, 0.1) is 46.9 Å². The molecule has 3 heterocycles. The number of benzene rings is 1. The summed E-state index contributed by atoms with van der Waals surface area (Å²) in [6.07, 6.45) is 5.02. The largest absolute Gasteiger partial charge is 0.478 e. The molecule has 0 spiro atoms. The van der Waals surface area contributed by atoms with E-state index in [-0.39, 0.29) is 45.0 Å². The van der Waals surface area contributed by atoms with Gasteiger partial charge in [0.15, 0.2) is 0 Å². The molecule has 3 aliphatic rings. The Balaban J connectivity index is 1.54. The van der Waals surface area contributed by atoms with Gasteiger partial charge in [0, 0.05) is 28.9 Å². The minimum atomic E-state index is -4.33. The number of carbonyl (C=O) groups excluding carboxylic acids is 1. The average Bonchev–Trinajstić information content (AvgIpc) is 3.52. The lowest BCUT2D eigenvalue weighted by atomic mass is 9.50. The highest BCUT2D eigenvalue weighted by Gasteiger charge is 2.59. The van der Waals surface area contributed by atoms with Crippen molar-refractivity contribution >= 4 is 36.2 Å². The van der Waals surface area contributed by atoms with E-state index in [4.69, 9.17) is 18.3 Å². The van der Waals surface area contributed by atoms with Crippen LogP contribution in [0.3, 0.4) is 0 Å². The van der Waals surface area contributed by atoms with Crippen molar-refractivity contribution < 1.29 is 32.1 Å². The lowest BCUT2D eigenvalue weighted by Crippen LogP contribution is -2.59. The molecule has 2 unspecified atom stereocenters. The number of rotatable bonds is 12. The second-order valence-corrected chi connectivity index (χ2v) is 19.8. The monoisotopic (exact) mass is 815 g/mol. The summed E-state index contributed by atoms with van der Waals surface area (Å²) in [5.41, 5.74) is -0.277. The molecule has 308 valence electrons. The van der Waals surface area contributed by atoms with E-state index in [1.165, 1.54) is 29.3 Å². The molecule has 3 aromatic heterocycles. The lowest BCUT2D eigenvalue weighted by Gasteiger charge is -2.61. The Morgan fingerprint density at radius 1 is 1.05 bits per heavy atom. The first-order valence-corrected chi connectivity index (χ1v) is 20.6. The summed E-state index contributed by atoms with van der Waals surface area (Å²) >= 11 is 0. The predicted octanol–water partition coefficient (Wildman–Crippen LogP) is 9.21. The van der Waals surface area contributed by atoms with Crippen molar-refractivity contribution in [3.63, 3.8) is 0 Å². The molecule has 0 aliphatic heterocycles. The van der Waals surface area contributed by atoms with E-state index < -0.39 is 43.9 Å². The van der Waals surface area contributed by atoms with Crippen molar-refractivity contribution in [1.29, 1.82) is 10.5 Å². The third-order valence-electron chi connectivity index (χ3n) is 10.4. The molecule has 3 fully saturated rings. The smallest absolute Gasteiger partial charge is 0.421 e. The fourth-order valence-electron chi connectivity index (χ4n) is 7.11. The van der Waals surface area contributed by atoms with E-state index in [1.54, 1.807) is 60.7 Å². The highest BCUT2D eigenvalue weighted by molar-refractivity contribution is 7.48. The number of aromatic nitrogens is 5. The summed E-state index contributed by atoms with van der Waals surface area (Å²) in [4.78, 5) is 24.6. The SMILES string of the molecule is Cc1nc(F)ccc1C(c1cn(C23CC(C2)C3)nn1)N(C(=O)OCOP(=O)(OC(C)(C)C)OC(C)(C)C)c1cc(C#N)c2ncc(C#N)c(NC(C)C(C)(C)C)c2c1. The number of halogens is 1. The Morgan fingerprint density at radius 3 is 2.22 bits per heavy atom. The van der Waals surface area contributed by atoms with Gasteiger partial charge in [0.1, 0.15) is 23.9 Å². The second kappa shape index (κ2) is 15.3. The molecule has 3 saturated carbocycles. The van der Waals surface area contributed by atoms with E-state index >= 15 is 0 Å². The van der Waals surface area contributed by atoms with Crippen molar-refractivity contribution in [2.45, 2.75) is 124 Å². The number of nitriles is 2. The topological polar surface area (TPSA) is 190 Å².